The molecule has 0 saturated heterocycles. The lowest BCUT2D eigenvalue weighted by atomic mass is 10.2. The molecule has 3 rings (SSSR count). The highest BCUT2D eigenvalue weighted by Crippen LogP contribution is 2.27. The summed E-state index contributed by atoms with van der Waals surface area (Å²) >= 11 is 1.32. The smallest absolute Gasteiger partial charge is 0.259 e. The molecule has 0 aliphatic carbocycles. The number of amides is 2. The Hall–Kier alpha value is -3.13. The fourth-order valence-electron chi connectivity index (χ4n) is 2.01. The van der Waals surface area contributed by atoms with Gasteiger partial charge in [0.05, 0.1) is 28.0 Å². The molecule has 0 radical (unpaired) electrons. The summed E-state index contributed by atoms with van der Waals surface area (Å²) < 4.78 is 0. The summed E-state index contributed by atoms with van der Waals surface area (Å²) in [4.78, 5) is 36.8. The van der Waals surface area contributed by atoms with Crippen LogP contribution in [0.15, 0.2) is 49.1 Å². The first-order valence-corrected chi connectivity index (χ1v) is 7.85. The van der Waals surface area contributed by atoms with E-state index in [9.17, 15) is 9.59 Å². The Morgan fingerprint density at radius 2 is 1.92 bits per heavy atom. The third-order valence-corrected chi connectivity index (χ3v) is 3.96. The van der Waals surface area contributed by atoms with Crippen LogP contribution in [0.25, 0.3) is 10.6 Å². The van der Waals surface area contributed by atoms with E-state index in [1.54, 1.807) is 12.4 Å². The van der Waals surface area contributed by atoms with Crippen LogP contribution in [0.4, 0.5) is 10.8 Å². The Bertz CT molecular complexity index is 879. The summed E-state index contributed by atoms with van der Waals surface area (Å²) in [6.45, 7) is 1.37. The molecule has 3 heterocycles. The van der Waals surface area contributed by atoms with Gasteiger partial charge in [0, 0.05) is 25.5 Å². The maximum Gasteiger partial charge on any atom is 0.259 e. The summed E-state index contributed by atoms with van der Waals surface area (Å²) in [6, 6.07) is 7.13. The minimum Gasteiger partial charge on any atom is -0.324 e. The van der Waals surface area contributed by atoms with Gasteiger partial charge >= 0.3 is 0 Å². The normalized spacial score (nSPS) is 10.2. The summed E-state index contributed by atoms with van der Waals surface area (Å²) in [5, 5.41) is 5.76. The van der Waals surface area contributed by atoms with Crippen LogP contribution in [-0.2, 0) is 4.79 Å². The topological polar surface area (TPSA) is 96.9 Å². The van der Waals surface area contributed by atoms with Gasteiger partial charge in [0.2, 0.25) is 5.91 Å². The molecule has 0 fully saturated rings. The lowest BCUT2D eigenvalue weighted by Crippen LogP contribution is -2.16. The highest BCUT2D eigenvalue weighted by Gasteiger charge is 2.14. The van der Waals surface area contributed by atoms with Crippen molar-refractivity contribution in [2.75, 3.05) is 10.6 Å². The van der Waals surface area contributed by atoms with E-state index in [1.165, 1.54) is 36.7 Å². The second kappa shape index (κ2) is 6.97. The Labute approximate surface area is 141 Å². The van der Waals surface area contributed by atoms with E-state index in [0.29, 0.717) is 16.4 Å². The van der Waals surface area contributed by atoms with Crippen molar-refractivity contribution in [3.05, 3.63) is 54.6 Å². The quantitative estimate of drug-likeness (QED) is 0.762. The number of hydrogen-bond donors (Lipinski definition) is 2. The molecule has 24 heavy (non-hydrogen) atoms. The first kappa shape index (κ1) is 15.8. The molecule has 2 amide bonds. The first-order valence-electron chi connectivity index (χ1n) is 7.03. The molecule has 2 N–H and O–H groups in total. The molecule has 0 aliphatic rings. The minimum atomic E-state index is -0.372. The Kier molecular flexibility index (Phi) is 4.57. The average molecular weight is 339 g/mol. The van der Waals surface area contributed by atoms with Crippen LogP contribution in [-0.4, -0.2) is 26.8 Å². The lowest BCUT2D eigenvalue weighted by molar-refractivity contribution is -0.114. The van der Waals surface area contributed by atoms with E-state index in [4.69, 9.17) is 0 Å². The van der Waals surface area contributed by atoms with Crippen LogP contribution in [0.3, 0.4) is 0 Å². The second-order valence-electron chi connectivity index (χ2n) is 4.80. The fraction of sp³-hybridized carbons (Fsp3) is 0.0625. The number of carbonyl (C=O) groups is 2. The Morgan fingerprint density at radius 3 is 2.67 bits per heavy atom. The Balaban J connectivity index is 1.79. The highest BCUT2D eigenvalue weighted by atomic mass is 32.1. The van der Waals surface area contributed by atoms with Crippen molar-refractivity contribution in [3.8, 4) is 10.6 Å². The molecule has 0 unspecified atom stereocenters. The molecule has 0 atom stereocenters. The average Bonchev–Trinajstić information content (AvgIpc) is 3.04. The molecule has 0 aromatic carbocycles. The van der Waals surface area contributed by atoms with Crippen molar-refractivity contribution in [3.63, 3.8) is 0 Å². The maximum atomic E-state index is 12.4. The van der Waals surface area contributed by atoms with Gasteiger partial charge in [-0.2, -0.15) is 0 Å². The number of carbonyl (C=O) groups excluding carboxylic acids is 2. The Morgan fingerprint density at radius 1 is 1.04 bits per heavy atom. The van der Waals surface area contributed by atoms with Gasteiger partial charge in [-0.1, -0.05) is 17.4 Å². The van der Waals surface area contributed by atoms with Crippen molar-refractivity contribution >= 4 is 34.0 Å². The molecule has 0 aliphatic heterocycles. The second-order valence-corrected chi connectivity index (χ2v) is 5.83. The molecular formula is C16H13N5O2S. The number of nitrogens with one attached hydrogen (secondary N) is 2. The molecule has 3 aromatic heterocycles. The van der Waals surface area contributed by atoms with Crippen molar-refractivity contribution in [2.24, 2.45) is 0 Å². The fourth-order valence-corrected chi connectivity index (χ4v) is 2.79. The van der Waals surface area contributed by atoms with E-state index in [2.05, 4.69) is 25.6 Å². The van der Waals surface area contributed by atoms with E-state index in [0.717, 1.165) is 10.6 Å². The maximum absolute atomic E-state index is 12.4. The number of rotatable bonds is 4. The van der Waals surface area contributed by atoms with E-state index >= 15 is 0 Å². The number of thiazole rings is 1. The summed E-state index contributed by atoms with van der Waals surface area (Å²) in [6.07, 6.45) is 6.27. The van der Waals surface area contributed by atoms with Gasteiger partial charge in [0.15, 0.2) is 5.13 Å². The van der Waals surface area contributed by atoms with Crippen LogP contribution in [0.5, 0.6) is 0 Å². The van der Waals surface area contributed by atoms with Crippen LogP contribution in [0, 0.1) is 0 Å². The molecule has 120 valence electrons. The van der Waals surface area contributed by atoms with Crippen molar-refractivity contribution in [1.29, 1.82) is 0 Å². The predicted octanol–water partition coefficient (Wildman–Crippen LogP) is 2.81. The molecule has 0 spiro atoms. The van der Waals surface area contributed by atoms with Crippen LogP contribution in [0.2, 0.25) is 0 Å². The first-order chi connectivity index (χ1) is 11.6. The standard InChI is InChI=1S/C16H13N5O2S/c1-10(22)20-13-8-17-7-5-11(13)15(23)21-16-19-9-14(24-16)12-4-2-3-6-18-12/h2-9H,1H3,(H,20,22)(H,19,21,23). The molecule has 0 saturated carbocycles. The lowest BCUT2D eigenvalue weighted by Gasteiger charge is -2.08. The van der Waals surface area contributed by atoms with Crippen LogP contribution in [0.1, 0.15) is 17.3 Å². The third-order valence-electron chi connectivity index (χ3n) is 3.02. The summed E-state index contributed by atoms with van der Waals surface area (Å²) in [5.41, 5.74) is 1.46. The zero-order chi connectivity index (χ0) is 16.9. The highest BCUT2D eigenvalue weighted by molar-refractivity contribution is 7.19. The van der Waals surface area contributed by atoms with Gasteiger partial charge in [-0.25, -0.2) is 4.98 Å². The van der Waals surface area contributed by atoms with Gasteiger partial charge in [0.25, 0.3) is 5.91 Å². The molecule has 8 heteroatoms. The zero-order valence-electron chi connectivity index (χ0n) is 12.7. The molecule has 7 nitrogen and oxygen atoms in total. The zero-order valence-corrected chi connectivity index (χ0v) is 13.5. The predicted molar refractivity (Wildman–Crippen MR) is 91.8 cm³/mol. The van der Waals surface area contributed by atoms with Gasteiger partial charge in [-0.15, -0.1) is 0 Å². The van der Waals surface area contributed by atoms with Crippen molar-refractivity contribution in [1.82, 2.24) is 15.0 Å². The van der Waals surface area contributed by atoms with Gasteiger partial charge in [0.1, 0.15) is 0 Å². The summed E-state index contributed by atoms with van der Waals surface area (Å²) in [7, 11) is 0. The van der Waals surface area contributed by atoms with E-state index in [-0.39, 0.29) is 11.8 Å². The van der Waals surface area contributed by atoms with Gasteiger partial charge in [-0.3, -0.25) is 24.9 Å². The molecule has 0 bridgehead atoms. The number of hydrogen-bond acceptors (Lipinski definition) is 6. The van der Waals surface area contributed by atoms with Crippen LogP contribution >= 0.6 is 11.3 Å². The van der Waals surface area contributed by atoms with Gasteiger partial charge in [-0.05, 0) is 18.2 Å². The minimum absolute atomic E-state index is 0.274. The number of aromatic nitrogens is 3. The van der Waals surface area contributed by atoms with Crippen molar-refractivity contribution in [2.45, 2.75) is 6.92 Å². The summed E-state index contributed by atoms with van der Waals surface area (Å²) in [5.74, 6) is -0.646. The van der Waals surface area contributed by atoms with Gasteiger partial charge < -0.3 is 5.32 Å². The molecule has 3 aromatic rings. The third kappa shape index (κ3) is 3.61. The largest absolute Gasteiger partial charge is 0.324 e. The number of nitrogens with zero attached hydrogens (tertiary/aromatic N) is 3. The van der Waals surface area contributed by atoms with Crippen LogP contribution < -0.4 is 10.6 Å². The van der Waals surface area contributed by atoms with Crippen molar-refractivity contribution < 1.29 is 9.59 Å². The van der Waals surface area contributed by atoms with E-state index in [1.807, 2.05) is 18.2 Å². The number of pyridine rings is 2. The SMILES string of the molecule is CC(=O)Nc1cnccc1C(=O)Nc1ncc(-c2ccccn2)s1. The van der Waals surface area contributed by atoms with E-state index < -0.39 is 0 Å². The number of anilines is 2. The monoisotopic (exact) mass is 339 g/mol. The molecular weight excluding hydrogens is 326 g/mol.